The first-order valence-electron chi connectivity index (χ1n) is 15.0. The highest BCUT2D eigenvalue weighted by Gasteiger charge is 2.71. The zero-order chi connectivity index (χ0) is 27.1. The molecule has 2 aliphatic carbocycles. The van der Waals surface area contributed by atoms with Crippen LogP contribution < -0.4 is 20.3 Å². The SMILES string of the molecule is COc1cc(-c2cn(C)c(=O)c(C)c2C)cc(OC)c1CC12C3CCC4(CCNCC4N4CCN1CC4)C2C3. The van der Waals surface area contributed by atoms with Crippen molar-refractivity contribution in [1.29, 1.82) is 0 Å². The number of pyridine rings is 1. The number of aryl methyl sites for hydroxylation is 1. The quantitative estimate of drug-likeness (QED) is 0.637. The smallest absolute Gasteiger partial charge is 0.253 e. The van der Waals surface area contributed by atoms with E-state index in [0.29, 0.717) is 11.5 Å². The number of piperazine rings is 1. The number of nitrogens with zero attached hydrogens (tertiary/aromatic N) is 3. The Kier molecular flexibility index (Phi) is 5.96. The largest absolute Gasteiger partial charge is 0.496 e. The Hall–Kier alpha value is -2.35. The van der Waals surface area contributed by atoms with Crippen LogP contribution in [0.1, 0.15) is 42.4 Å². The fourth-order valence-corrected chi connectivity index (χ4v) is 9.83. The molecule has 210 valence electrons. The number of methoxy groups -OCH3 is 2. The van der Waals surface area contributed by atoms with Crippen LogP contribution >= 0.6 is 0 Å². The maximum Gasteiger partial charge on any atom is 0.253 e. The minimum atomic E-state index is 0.0527. The molecule has 1 aromatic heterocycles. The number of benzene rings is 1. The Morgan fingerprint density at radius 3 is 2.41 bits per heavy atom. The number of rotatable bonds is 5. The molecule has 6 fully saturated rings. The summed E-state index contributed by atoms with van der Waals surface area (Å²) >= 11 is 0. The Morgan fingerprint density at radius 2 is 1.74 bits per heavy atom. The summed E-state index contributed by atoms with van der Waals surface area (Å²) in [6.07, 6.45) is 8.35. The molecule has 4 aliphatic heterocycles. The van der Waals surface area contributed by atoms with Crippen molar-refractivity contribution in [2.45, 2.75) is 57.5 Å². The molecule has 5 atom stereocenters. The number of piperidine rings is 1. The zero-order valence-corrected chi connectivity index (χ0v) is 24.3. The second kappa shape index (κ2) is 9.08. The van der Waals surface area contributed by atoms with E-state index in [0.717, 1.165) is 65.1 Å². The second-order valence-electron chi connectivity index (χ2n) is 13.0. The van der Waals surface area contributed by atoms with E-state index in [9.17, 15) is 4.79 Å². The predicted octanol–water partition coefficient (Wildman–Crippen LogP) is 3.38. The third kappa shape index (κ3) is 3.42. The molecule has 6 aliphatic rings. The van der Waals surface area contributed by atoms with E-state index < -0.39 is 0 Å². The van der Waals surface area contributed by atoms with Crippen molar-refractivity contribution >= 4 is 0 Å². The lowest BCUT2D eigenvalue weighted by Gasteiger charge is -2.76. The average molecular weight is 533 g/mol. The summed E-state index contributed by atoms with van der Waals surface area (Å²) in [5.74, 6) is 3.29. The number of hydrogen-bond donors (Lipinski definition) is 1. The van der Waals surface area contributed by atoms with Crippen LogP contribution in [0.25, 0.3) is 11.1 Å². The van der Waals surface area contributed by atoms with E-state index in [1.165, 1.54) is 57.4 Å². The van der Waals surface area contributed by atoms with Crippen molar-refractivity contribution in [3.8, 4) is 22.6 Å². The molecular weight excluding hydrogens is 488 g/mol. The molecular formula is C32H44N4O3. The molecule has 1 spiro atoms. The third-order valence-corrected chi connectivity index (χ3v) is 11.9. The molecule has 1 N–H and O–H groups in total. The fourth-order valence-electron chi connectivity index (χ4n) is 9.83. The Bertz CT molecular complexity index is 1330. The molecule has 2 saturated carbocycles. The van der Waals surface area contributed by atoms with Crippen LogP contribution in [0.15, 0.2) is 23.1 Å². The van der Waals surface area contributed by atoms with Gasteiger partial charge < -0.3 is 19.4 Å². The Labute approximate surface area is 232 Å². The Morgan fingerprint density at radius 1 is 1.03 bits per heavy atom. The third-order valence-electron chi connectivity index (χ3n) is 11.9. The highest BCUT2D eigenvalue weighted by Crippen LogP contribution is 2.69. The fraction of sp³-hybridized carbons (Fsp3) is 0.656. The lowest BCUT2D eigenvalue weighted by atomic mass is 9.38. The maximum atomic E-state index is 12.5. The first-order chi connectivity index (χ1) is 18.8. The first-order valence-corrected chi connectivity index (χ1v) is 15.0. The molecule has 2 aromatic rings. The minimum absolute atomic E-state index is 0.0527. The standard InChI is InChI=1S/C32H44N4O3/c1-20-21(2)30(37)34(3)19-25(20)22-14-26(38-4)24(27(15-22)39-5)17-32-23-6-7-31(28(32)16-23)8-9-33-18-29(31)35-10-12-36(32)13-11-35/h14-15,19,23,28-29,33H,6-13,16-18H2,1-5H3. The molecule has 39 heavy (non-hydrogen) atoms. The van der Waals surface area contributed by atoms with Crippen LogP contribution in [0.2, 0.25) is 0 Å². The van der Waals surface area contributed by atoms with Crippen molar-refractivity contribution < 1.29 is 9.47 Å². The molecule has 1 aromatic carbocycles. The van der Waals surface area contributed by atoms with Gasteiger partial charge in [-0.3, -0.25) is 14.6 Å². The predicted molar refractivity (Wildman–Crippen MR) is 154 cm³/mol. The summed E-state index contributed by atoms with van der Waals surface area (Å²) in [5.41, 5.74) is 5.76. The molecule has 4 saturated heterocycles. The van der Waals surface area contributed by atoms with E-state index in [4.69, 9.17) is 9.47 Å². The highest BCUT2D eigenvalue weighted by molar-refractivity contribution is 5.72. The van der Waals surface area contributed by atoms with Gasteiger partial charge in [0, 0.05) is 74.2 Å². The van der Waals surface area contributed by atoms with Gasteiger partial charge in [0.1, 0.15) is 11.5 Å². The van der Waals surface area contributed by atoms with Crippen molar-refractivity contribution in [2.75, 3.05) is 53.5 Å². The number of aromatic nitrogens is 1. The van der Waals surface area contributed by atoms with Gasteiger partial charge in [0.05, 0.1) is 14.2 Å². The van der Waals surface area contributed by atoms with Crippen LogP contribution in [-0.2, 0) is 13.5 Å². The van der Waals surface area contributed by atoms with Gasteiger partial charge in [0.25, 0.3) is 5.56 Å². The van der Waals surface area contributed by atoms with Gasteiger partial charge in [0.15, 0.2) is 0 Å². The lowest BCUT2D eigenvalue weighted by molar-refractivity contribution is -0.250. The molecule has 0 amide bonds. The molecule has 0 radical (unpaired) electrons. The number of fused-ring (bicyclic) bond motifs is 2. The van der Waals surface area contributed by atoms with Crippen LogP contribution in [0.4, 0.5) is 0 Å². The number of ether oxygens (including phenoxy) is 2. The molecule has 5 unspecified atom stereocenters. The Balaban J connectivity index is 1.35. The van der Waals surface area contributed by atoms with Gasteiger partial charge in [-0.2, -0.15) is 0 Å². The highest BCUT2D eigenvalue weighted by atomic mass is 16.5. The van der Waals surface area contributed by atoms with Gasteiger partial charge in [0.2, 0.25) is 0 Å². The maximum absolute atomic E-state index is 12.5. The average Bonchev–Trinajstić information content (AvgIpc) is 2.96. The summed E-state index contributed by atoms with van der Waals surface area (Å²) in [5, 5.41) is 3.77. The lowest BCUT2D eigenvalue weighted by Crippen LogP contribution is -2.82. The van der Waals surface area contributed by atoms with Crippen molar-refractivity contribution in [1.82, 2.24) is 19.7 Å². The second-order valence-corrected chi connectivity index (χ2v) is 13.0. The van der Waals surface area contributed by atoms with Gasteiger partial charge in [-0.1, -0.05) is 0 Å². The van der Waals surface area contributed by atoms with Crippen LogP contribution in [0.5, 0.6) is 11.5 Å². The monoisotopic (exact) mass is 532 g/mol. The molecule has 8 rings (SSSR count). The van der Waals surface area contributed by atoms with Gasteiger partial charge in [-0.25, -0.2) is 0 Å². The molecule has 7 nitrogen and oxygen atoms in total. The zero-order valence-electron chi connectivity index (χ0n) is 24.3. The topological polar surface area (TPSA) is 59.0 Å². The minimum Gasteiger partial charge on any atom is -0.496 e. The van der Waals surface area contributed by atoms with E-state index in [1.807, 2.05) is 27.1 Å². The van der Waals surface area contributed by atoms with Gasteiger partial charge in [-0.15, -0.1) is 0 Å². The van der Waals surface area contributed by atoms with E-state index in [1.54, 1.807) is 18.8 Å². The molecule has 7 heteroatoms. The normalized spacial score (nSPS) is 36.4. The summed E-state index contributed by atoms with van der Waals surface area (Å²) in [6.45, 7) is 11.0. The van der Waals surface area contributed by atoms with Gasteiger partial charge in [-0.05, 0) is 93.0 Å². The van der Waals surface area contributed by atoms with E-state index in [2.05, 4.69) is 27.2 Å². The van der Waals surface area contributed by atoms with Crippen molar-refractivity contribution in [2.24, 2.45) is 24.3 Å². The number of hydrogen-bond acceptors (Lipinski definition) is 6. The van der Waals surface area contributed by atoms with Crippen molar-refractivity contribution in [3.05, 3.63) is 45.4 Å². The van der Waals surface area contributed by atoms with Crippen LogP contribution in [0, 0.1) is 31.1 Å². The van der Waals surface area contributed by atoms with Crippen LogP contribution in [-0.4, -0.2) is 79.4 Å². The molecule has 6 bridgehead atoms. The number of nitrogens with one attached hydrogen (secondary N) is 1. The summed E-state index contributed by atoms with van der Waals surface area (Å²) in [7, 11) is 5.41. The van der Waals surface area contributed by atoms with E-state index >= 15 is 0 Å². The van der Waals surface area contributed by atoms with E-state index in [-0.39, 0.29) is 11.1 Å². The summed E-state index contributed by atoms with van der Waals surface area (Å²) in [4.78, 5) is 18.3. The van der Waals surface area contributed by atoms with Crippen molar-refractivity contribution in [3.63, 3.8) is 0 Å². The molecule has 5 heterocycles. The summed E-state index contributed by atoms with van der Waals surface area (Å²) < 4.78 is 14.0. The van der Waals surface area contributed by atoms with Gasteiger partial charge >= 0.3 is 0 Å². The van der Waals surface area contributed by atoms with Crippen LogP contribution in [0.3, 0.4) is 0 Å². The first kappa shape index (κ1) is 25.6. The summed E-state index contributed by atoms with van der Waals surface area (Å²) in [6, 6.07) is 5.03.